The summed E-state index contributed by atoms with van der Waals surface area (Å²) in [4.78, 5) is 26.8. The van der Waals surface area contributed by atoms with Crippen molar-refractivity contribution >= 4 is 28.5 Å². The number of pyridine rings is 1. The first-order valence-corrected chi connectivity index (χ1v) is 7.98. The van der Waals surface area contributed by atoms with Gasteiger partial charge in [0.2, 0.25) is 0 Å². The van der Waals surface area contributed by atoms with Crippen molar-refractivity contribution in [1.29, 1.82) is 0 Å². The monoisotopic (exact) mass is 337 g/mol. The van der Waals surface area contributed by atoms with Crippen LogP contribution >= 0.6 is 11.6 Å². The summed E-state index contributed by atoms with van der Waals surface area (Å²) >= 11 is 6.17. The lowest BCUT2D eigenvalue weighted by molar-refractivity contribution is 0.0521. The van der Waals surface area contributed by atoms with Gasteiger partial charge in [0.25, 0.3) is 5.56 Å². The molecule has 0 aliphatic heterocycles. The zero-order chi connectivity index (χ0) is 17.1. The Bertz CT molecular complexity index is 795. The van der Waals surface area contributed by atoms with Crippen LogP contribution in [0.15, 0.2) is 16.9 Å². The maximum Gasteiger partial charge on any atom is 0.347 e. The molecule has 0 atom stereocenters. The molecule has 0 unspecified atom stereocenters. The number of hydrogen-bond donors (Lipinski definition) is 2. The van der Waals surface area contributed by atoms with Crippen molar-refractivity contribution in [1.82, 2.24) is 4.98 Å². The zero-order valence-corrected chi connectivity index (χ0v) is 14.2. The van der Waals surface area contributed by atoms with Gasteiger partial charge in [-0.15, -0.1) is 0 Å². The van der Waals surface area contributed by atoms with Crippen molar-refractivity contribution in [2.45, 2.75) is 33.6 Å². The van der Waals surface area contributed by atoms with E-state index in [0.29, 0.717) is 11.4 Å². The summed E-state index contributed by atoms with van der Waals surface area (Å²) in [5, 5.41) is 10.9. The highest BCUT2D eigenvalue weighted by atomic mass is 35.5. The predicted molar refractivity (Wildman–Crippen MR) is 90.4 cm³/mol. The molecule has 124 valence electrons. The van der Waals surface area contributed by atoms with E-state index in [-0.39, 0.29) is 17.0 Å². The molecule has 2 N–H and O–H groups in total. The molecule has 0 spiro atoms. The lowest BCUT2D eigenvalue weighted by atomic mass is 9.99. The zero-order valence-electron chi connectivity index (χ0n) is 13.4. The highest BCUT2D eigenvalue weighted by Crippen LogP contribution is 2.34. The van der Waals surface area contributed by atoms with Crippen molar-refractivity contribution in [2.24, 2.45) is 5.92 Å². The lowest BCUT2D eigenvalue weighted by Crippen LogP contribution is -2.20. The highest BCUT2D eigenvalue weighted by molar-refractivity contribution is 6.36. The number of halogens is 1. The number of rotatable bonds is 5. The number of aromatic amines is 1. The molecule has 6 heteroatoms. The molecule has 2 rings (SSSR count). The third-order valence-corrected chi connectivity index (χ3v) is 3.97. The molecule has 1 aromatic carbocycles. The topological polar surface area (TPSA) is 79.4 Å². The molecule has 0 bridgehead atoms. The van der Waals surface area contributed by atoms with Crippen LogP contribution in [0.1, 0.15) is 43.1 Å². The number of carbonyl (C=O) groups excluding carboxylic acids is 1. The van der Waals surface area contributed by atoms with E-state index >= 15 is 0 Å². The summed E-state index contributed by atoms with van der Waals surface area (Å²) in [6, 6.07) is 3.49. The third-order valence-electron chi connectivity index (χ3n) is 3.65. The summed E-state index contributed by atoms with van der Waals surface area (Å²) in [5.74, 6) is -0.796. The number of aromatic nitrogens is 1. The van der Waals surface area contributed by atoms with Gasteiger partial charge in [-0.05, 0) is 37.3 Å². The molecule has 1 heterocycles. The van der Waals surface area contributed by atoms with Crippen LogP contribution in [0.3, 0.4) is 0 Å². The van der Waals surface area contributed by atoms with Gasteiger partial charge >= 0.3 is 5.97 Å². The van der Waals surface area contributed by atoms with E-state index in [1.807, 2.05) is 6.07 Å². The third kappa shape index (κ3) is 3.50. The number of hydrogen-bond acceptors (Lipinski definition) is 4. The van der Waals surface area contributed by atoms with Crippen molar-refractivity contribution in [3.05, 3.63) is 38.6 Å². The van der Waals surface area contributed by atoms with Gasteiger partial charge in [-0.3, -0.25) is 4.79 Å². The number of aryl methyl sites for hydroxylation is 1. The first-order valence-electron chi connectivity index (χ1n) is 7.60. The van der Waals surface area contributed by atoms with Gasteiger partial charge in [-0.1, -0.05) is 31.5 Å². The van der Waals surface area contributed by atoms with Crippen molar-refractivity contribution in [3.8, 4) is 5.75 Å². The Morgan fingerprint density at radius 3 is 2.70 bits per heavy atom. The first kappa shape index (κ1) is 17.3. The van der Waals surface area contributed by atoms with Gasteiger partial charge in [0.05, 0.1) is 22.5 Å². The van der Waals surface area contributed by atoms with Gasteiger partial charge in [-0.2, -0.15) is 0 Å². The van der Waals surface area contributed by atoms with Gasteiger partial charge in [0.15, 0.2) is 5.56 Å². The molecule has 0 aliphatic carbocycles. The van der Waals surface area contributed by atoms with E-state index in [9.17, 15) is 14.7 Å². The standard InChI is InChI=1S/C17H20ClNO4/c1-4-23-17(22)13-15(20)12-11(18)8-7-10(6-5-9(2)3)14(12)19-16(13)21/h7-9H,4-6H2,1-3H3,(H2,19,20,21). The molecule has 0 saturated carbocycles. The second-order valence-electron chi connectivity index (χ2n) is 5.79. The molecule has 1 aromatic heterocycles. The van der Waals surface area contributed by atoms with Crippen LogP contribution in [0, 0.1) is 5.92 Å². The van der Waals surface area contributed by atoms with Crippen LogP contribution in [-0.2, 0) is 11.2 Å². The second-order valence-corrected chi connectivity index (χ2v) is 6.19. The molecule has 0 aliphatic rings. The number of benzene rings is 1. The van der Waals surface area contributed by atoms with E-state index in [2.05, 4.69) is 18.8 Å². The van der Waals surface area contributed by atoms with E-state index in [0.717, 1.165) is 18.4 Å². The van der Waals surface area contributed by atoms with Crippen molar-refractivity contribution in [3.63, 3.8) is 0 Å². The van der Waals surface area contributed by atoms with Crippen LogP contribution in [0.4, 0.5) is 0 Å². The summed E-state index contributed by atoms with van der Waals surface area (Å²) in [7, 11) is 0. The maximum absolute atomic E-state index is 12.2. The quantitative estimate of drug-likeness (QED) is 0.816. The number of esters is 1. The number of ether oxygens (including phenoxy) is 1. The van der Waals surface area contributed by atoms with Crippen LogP contribution < -0.4 is 5.56 Å². The van der Waals surface area contributed by atoms with E-state index in [1.165, 1.54) is 0 Å². The Labute approximate surface area is 139 Å². The van der Waals surface area contributed by atoms with Gasteiger partial charge < -0.3 is 14.8 Å². The summed E-state index contributed by atoms with van der Waals surface area (Å²) in [6.45, 7) is 5.95. The fourth-order valence-electron chi connectivity index (χ4n) is 2.45. The average Bonchev–Trinajstić information content (AvgIpc) is 2.46. The Hall–Kier alpha value is -2.01. The summed E-state index contributed by atoms with van der Waals surface area (Å²) in [5.41, 5.74) is 0.249. The molecule has 0 amide bonds. The van der Waals surface area contributed by atoms with E-state index in [4.69, 9.17) is 16.3 Å². The summed E-state index contributed by atoms with van der Waals surface area (Å²) < 4.78 is 4.83. The molecular weight excluding hydrogens is 318 g/mol. The van der Waals surface area contributed by atoms with Crippen LogP contribution in [0.25, 0.3) is 10.9 Å². The molecule has 0 saturated heterocycles. The Morgan fingerprint density at radius 1 is 1.39 bits per heavy atom. The van der Waals surface area contributed by atoms with Crippen molar-refractivity contribution < 1.29 is 14.6 Å². The Kier molecular flexibility index (Phi) is 5.31. The van der Waals surface area contributed by atoms with Gasteiger partial charge in [0.1, 0.15) is 5.75 Å². The van der Waals surface area contributed by atoms with Crippen LogP contribution in [0.5, 0.6) is 5.75 Å². The Balaban J connectivity index is 2.67. The predicted octanol–water partition coefficient (Wildman–Crippen LogP) is 3.65. The van der Waals surface area contributed by atoms with Gasteiger partial charge in [0, 0.05) is 0 Å². The minimum Gasteiger partial charge on any atom is -0.506 e. The molecule has 0 fully saturated rings. The minimum atomic E-state index is -0.864. The lowest BCUT2D eigenvalue weighted by Gasteiger charge is -2.12. The largest absolute Gasteiger partial charge is 0.506 e. The fraction of sp³-hybridized carbons (Fsp3) is 0.412. The number of carbonyl (C=O) groups is 1. The van der Waals surface area contributed by atoms with Crippen molar-refractivity contribution in [2.75, 3.05) is 6.61 Å². The number of nitrogens with one attached hydrogen (secondary N) is 1. The highest BCUT2D eigenvalue weighted by Gasteiger charge is 2.22. The number of H-pyrrole nitrogens is 1. The van der Waals surface area contributed by atoms with Crippen LogP contribution in [-0.4, -0.2) is 22.7 Å². The molecule has 5 nitrogen and oxygen atoms in total. The Morgan fingerprint density at radius 2 is 2.09 bits per heavy atom. The second kappa shape index (κ2) is 7.04. The fourth-order valence-corrected chi connectivity index (χ4v) is 2.70. The van der Waals surface area contributed by atoms with Crippen LogP contribution in [0.2, 0.25) is 5.02 Å². The number of fused-ring (bicyclic) bond motifs is 1. The summed E-state index contributed by atoms with van der Waals surface area (Å²) in [6.07, 6.45) is 1.67. The first-order chi connectivity index (χ1) is 10.9. The molecule has 2 aromatic rings. The molecular formula is C17H20ClNO4. The molecule has 0 radical (unpaired) electrons. The molecule has 23 heavy (non-hydrogen) atoms. The number of aromatic hydroxyl groups is 1. The van der Waals surface area contributed by atoms with E-state index in [1.54, 1.807) is 13.0 Å². The average molecular weight is 338 g/mol. The minimum absolute atomic E-state index is 0.109. The SMILES string of the molecule is CCOC(=O)c1c(O)c2c(Cl)ccc(CCC(C)C)c2[nH]c1=O. The van der Waals surface area contributed by atoms with E-state index < -0.39 is 22.8 Å². The smallest absolute Gasteiger partial charge is 0.347 e. The maximum atomic E-state index is 12.2. The normalized spacial score (nSPS) is 11.2. The van der Waals surface area contributed by atoms with Gasteiger partial charge in [-0.25, -0.2) is 4.79 Å².